The summed E-state index contributed by atoms with van der Waals surface area (Å²) < 4.78 is 12.8. The highest BCUT2D eigenvalue weighted by Gasteiger charge is 2.27. The second-order valence-corrected chi connectivity index (χ2v) is 13.1. The summed E-state index contributed by atoms with van der Waals surface area (Å²) in [5.41, 5.74) is 3.84. The van der Waals surface area contributed by atoms with Gasteiger partial charge in [0, 0.05) is 11.5 Å². The van der Waals surface area contributed by atoms with Gasteiger partial charge in [-0.2, -0.15) is 0 Å². The number of fused-ring (bicyclic) bond motifs is 1. The first-order chi connectivity index (χ1) is 19.3. The van der Waals surface area contributed by atoms with Crippen molar-refractivity contribution in [2.45, 2.75) is 40.0 Å². The molecule has 0 aliphatic heterocycles. The van der Waals surface area contributed by atoms with E-state index in [1.807, 2.05) is 48.4 Å². The summed E-state index contributed by atoms with van der Waals surface area (Å²) in [6, 6.07) is 30.5. The van der Waals surface area contributed by atoms with Gasteiger partial charge in [0.05, 0.1) is 17.8 Å². The van der Waals surface area contributed by atoms with E-state index in [-0.39, 0.29) is 11.2 Å². The Morgan fingerprint density at radius 1 is 0.850 bits per heavy atom. The number of hydrogen-bond donors (Lipinski definition) is 1. The zero-order valence-corrected chi connectivity index (χ0v) is 24.8. The largest absolute Gasteiger partial charge is 0.504 e. The van der Waals surface area contributed by atoms with E-state index < -0.39 is 9.04 Å². The van der Waals surface area contributed by atoms with Gasteiger partial charge in [0.15, 0.2) is 17.3 Å². The highest BCUT2D eigenvalue weighted by atomic mass is 28.3. The van der Waals surface area contributed by atoms with Crippen molar-refractivity contribution in [2.75, 3.05) is 11.7 Å². The molecular weight excluding hydrogens is 514 g/mol. The molecule has 4 aromatic carbocycles. The molecule has 0 radical (unpaired) electrons. The third-order valence-corrected chi connectivity index (χ3v) is 9.27. The Morgan fingerprint density at radius 3 is 2.10 bits per heavy atom. The van der Waals surface area contributed by atoms with Crippen molar-refractivity contribution in [3.05, 3.63) is 108 Å². The van der Waals surface area contributed by atoms with E-state index >= 15 is 0 Å². The molecule has 0 atom stereocenters. The first kappa shape index (κ1) is 27.4. The number of nitrogens with zero attached hydrogens (tertiary/aromatic N) is 3. The average molecular weight is 550 g/mol. The van der Waals surface area contributed by atoms with E-state index in [1.54, 1.807) is 12.1 Å². The number of aromatic hydroxyl groups is 1. The van der Waals surface area contributed by atoms with Gasteiger partial charge >= 0.3 is 0 Å². The van der Waals surface area contributed by atoms with Gasteiger partial charge in [0.2, 0.25) is 0 Å². The molecule has 40 heavy (non-hydrogen) atoms. The van der Waals surface area contributed by atoms with Crippen LogP contribution in [0, 0.1) is 6.92 Å². The normalized spacial score (nSPS) is 11.7. The summed E-state index contributed by atoms with van der Waals surface area (Å²) in [4.78, 5) is 9.19. The van der Waals surface area contributed by atoms with Crippen LogP contribution in [0.2, 0.25) is 0 Å². The molecule has 0 amide bonds. The van der Waals surface area contributed by atoms with Gasteiger partial charge in [0.1, 0.15) is 6.33 Å². The second-order valence-electron chi connectivity index (χ2n) is 10.8. The molecule has 0 unspecified atom stereocenters. The predicted molar refractivity (Wildman–Crippen MR) is 165 cm³/mol. The second kappa shape index (κ2) is 11.5. The smallest absolute Gasteiger partial charge is 0.276 e. The maximum Gasteiger partial charge on any atom is 0.276 e. The summed E-state index contributed by atoms with van der Waals surface area (Å²) in [6.07, 6.45) is 1.51. The fraction of sp³-hybridized carbons (Fsp3) is 0.212. The van der Waals surface area contributed by atoms with Crippen LogP contribution in [0.3, 0.4) is 0 Å². The SMILES string of the molecule is CCOc1cc2c(N(O[SiH](c3ccccc3)c3ccccc3)c3ccc(C)c(C(C)(C)C)c3)ncnc2cc1O. The van der Waals surface area contributed by atoms with E-state index in [0.717, 1.165) is 21.4 Å². The minimum Gasteiger partial charge on any atom is -0.504 e. The number of ether oxygens (including phenoxy) is 1. The molecule has 0 aliphatic carbocycles. The van der Waals surface area contributed by atoms with E-state index in [1.165, 1.54) is 17.5 Å². The number of phenolic OH excluding ortho intramolecular Hbond substituents is 1. The summed E-state index contributed by atoms with van der Waals surface area (Å²) in [7, 11) is -2.25. The molecule has 0 saturated heterocycles. The van der Waals surface area contributed by atoms with Crippen LogP contribution in [0.25, 0.3) is 10.9 Å². The van der Waals surface area contributed by atoms with Crippen molar-refractivity contribution in [3.63, 3.8) is 0 Å². The van der Waals surface area contributed by atoms with E-state index in [4.69, 9.17) is 14.2 Å². The van der Waals surface area contributed by atoms with Crippen molar-refractivity contribution >= 4 is 41.8 Å². The van der Waals surface area contributed by atoms with Crippen LogP contribution in [-0.4, -0.2) is 30.7 Å². The number of aryl methyl sites for hydroxylation is 1. The van der Waals surface area contributed by atoms with Gasteiger partial charge < -0.3 is 14.4 Å². The highest BCUT2D eigenvalue weighted by molar-refractivity contribution is 6.80. The molecule has 0 spiro atoms. The van der Waals surface area contributed by atoms with Crippen molar-refractivity contribution in [1.29, 1.82) is 0 Å². The first-order valence-electron chi connectivity index (χ1n) is 13.5. The highest BCUT2D eigenvalue weighted by Crippen LogP contribution is 2.38. The lowest BCUT2D eigenvalue weighted by Gasteiger charge is -2.31. The number of phenols is 1. The Hall–Kier alpha value is -4.20. The van der Waals surface area contributed by atoms with Crippen molar-refractivity contribution in [3.8, 4) is 11.5 Å². The monoisotopic (exact) mass is 549 g/mol. The van der Waals surface area contributed by atoms with Gasteiger partial charge in [0.25, 0.3) is 9.04 Å². The molecule has 5 rings (SSSR count). The molecule has 5 aromatic rings. The topological polar surface area (TPSA) is 67.7 Å². The zero-order chi connectivity index (χ0) is 28.3. The molecule has 1 heterocycles. The van der Waals surface area contributed by atoms with Crippen LogP contribution in [0.5, 0.6) is 11.5 Å². The maximum absolute atomic E-state index is 10.6. The van der Waals surface area contributed by atoms with Gasteiger partial charge in [-0.05, 0) is 59.0 Å². The van der Waals surface area contributed by atoms with Crippen LogP contribution < -0.4 is 20.2 Å². The van der Waals surface area contributed by atoms with Gasteiger partial charge in [-0.25, -0.2) is 15.0 Å². The van der Waals surface area contributed by atoms with Crippen LogP contribution in [-0.2, 0) is 9.94 Å². The number of benzene rings is 4. The van der Waals surface area contributed by atoms with Gasteiger partial charge in [-0.15, -0.1) is 0 Å². The molecule has 204 valence electrons. The zero-order valence-electron chi connectivity index (χ0n) is 23.6. The molecule has 6 nitrogen and oxygen atoms in total. The fourth-order valence-electron chi connectivity index (χ4n) is 4.94. The van der Waals surface area contributed by atoms with Gasteiger partial charge in [-0.1, -0.05) is 87.5 Å². The summed E-state index contributed by atoms with van der Waals surface area (Å²) in [5, 5.41) is 15.4. The summed E-state index contributed by atoms with van der Waals surface area (Å²) in [5.74, 6) is 1.00. The van der Waals surface area contributed by atoms with E-state index in [9.17, 15) is 5.11 Å². The molecule has 7 heteroatoms. The van der Waals surface area contributed by atoms with E-state index in [0.29, 0.717) is 23.7 Å². The van der Waals surface area contributed by atoms with Gasteiger partial charge in [-0.3, -0.25) is 0 Å². The third-order valence-electron chi connectivity index (χ3n) is 6.87. The predicted octanol–water partition coefficient (Wildman–Crippen LogP) is 5.95. The molecule has 1 N–H and O–H groups in total. The molecule has 0 saturated carbocycles. The number of aromatic nitrogens is 2. The lowest BCUT2D eigenvalue weighted by Crippen LogP contribution is -2.48. The number of anilines is 2. The van der Waals surface area contributed by atoms with Crippen LogP contribution in [0.4, 0.5) is 11.5 Å². The Morgan fingerprint density at radius 2 is 1.50 bits per heavy atom. The molecule has 1 aromatic heterocycles. The van der Waals surface area contributed by atoms with Crippen LogP contribution in [0.1, 0.15) is 38.8 Å². The molecular formula is C33H35N3O3Si. The van der Waals surface area contributed by atoms with Crippen LogP contribution in [0.15, 0.2) is 97.3 Å². The lowest BCUT2D eigenvalue weighted by atomic mass is 9.84. The molecule has 0 aliphatic rings. The molecule has 0 bridgehead atoms. The number of rotatable bonds is 8. The first-order valence-corrected chi connectivity index (χ1v) is 15.2. The quantitative estimate of drug-likeness (QED) is 0.191. The van der Waals surface area contributed by atoms with Crippen molar-refractivity contribution in [1.82, 2.24) is 9.97 Å². The Kier molecular flexibility index (Phi) is 7.87. The molecule has 0 fully saturated rings. The minimum absolute atomic E-state index is 0.0395. The maximum atomic E-state index is 10.6. The average Bonchev–Trinajstić information content (AvgIpc) is 2.95. The Bertz CT molecular complexity index is 1570. The Labute approximate surface area is 237 Å². The van der Waals surface area contributed by atoms with Crippen molar-refractivity contribution in [2.24, 2.45) is 0 Å². The lowest BCUT2D eigenvalue weighted by molar-refractivity contribution is 0.318. The fourth-order valence-corrected chi connectivity index (χ4v) is 7.15. The minimum atomic E-state index is -2.25. The standard InChI is InChI=1S/C33H35N3O3Si/c1-6-38-31-20-27-29(21-30(31)37)34-22-35-32(27)36(24-18-17-23(2)28(19-24)33(3,4)5)39-40(25-13-9-7-10-14-25)26-15-11-8-12-16-26/h7-22,37,40H,6H2,1-5H3. The summed E-state index contributed by atoms with van der Waals surface area (Å²) in [6.45, 7) is 11.1. The number of hydrogen-bond acceptors (Lipinski definition) is 6. The van der Waals surface area contributed by atoms with Crippen LogP contribution >= 0.6 is 0 Å². The van der Waals surface area contributed by atoms with E-state index in [2.05, 4.69) is 75.1 Å². The Balaban J connectivity index is 1.74. The van der Waals surface area contributed by atoms with Crippen molar-refractivity contribution < 1.29 is 14.4 Å². The third kappa shape index (κ3) is 5.71. The summed E-state index contributed by atoms with van der Waals surface area (Å²) >= 11 is 0.